The SMILES string of the molecule is CCCn1nccc1C(N)Cc1c(F)cccc1Cl. The van der Waals surface area contributed by atoms with Crippen LogP contribution in [0.3, 0.4) is 0 Å². The van der Waals surface area contributed by atoms with Crippen molar-refractivity contribution < 1.29 is 4.39 Å². The first kappa shape index (κ1) is 14.0. The van der Waals surface area contributed by atoms with E-state index in [1.54, 1.807) is 18.3 Å². The molecule has 1 heterocycles. The molecule has 0 radical (unpaired) electrons. The normalized spacial score (nSPS) is 12.6. The summed E-state index contributed by atoms with van der Waals surface area (Å²) in [5, 5.41) is 4.64. The predicted octanol–water partition coefficient (Wildman–Crippen LogP) is 3.33. The maximum atomic E-state index is 13.7. The van der Waals surface area contributed by atoms with Crippen LogP contribution < -0.4 is 5.73 Å². The van der Waals surface area contributed by atoms with Gasteiger partial charge < -0.3 is 5.73 Å². The number of halogens is 2. The molecule has 0 aliphatic rings. The van der Waals surface area contributed by atoms with Gasteiger partial charge in [-0.1, -0.05) is 24.6 Å². The lowest BCUT2D eigenvalue weighted by Gasteiger charge is -2.15. The lowest BCUT2D eigenvalue weighted by molar-refractivity contribution is 0.529. The summed E-state index contributed by atoms with van der Waals surface area (Å²) in [5.74, 6) is -0.315. The Kier molecular flexibility index (Phi) is 4.56. The van der Waals surface area contributed by atoms with Gasteiger partial charge in [0, 0.05) is 23.3 Å². The van der Waals surface area contributed by atoms with E-state index in [-0.39, 0.29) is 11.9 Å². The van der Waals surface area contributed by atoms with Crippen molar-refractivity contribution in [3.05, 3.63) is 52.6 Å². The fraction of sp³-hybridized carbons (Fsp3) is 0.357. The molecule has 0 bridgehead atoms. The second-order valence-corrected chi connectivity index (χ2v) is 4.90. The number of rotatable bonds is 5. The minimum atomic E-state index is -0.316. The number of benzene rings is 1. The zero-order valence-corrected chi connectivity index (χ0v) is 11.6. The molecule has 1 atom stereocenters. The third-order valence-electron chi connectivity index (χ3n) is 3.05. The Balaban J connectivity index is 2.21. The third kappa shape index (κ3) is 3.14. The summed E-state index contributed by atoms with van der Waals surface area (Å²) >= 11 is 6.02. The molecule has 1 unspecified atom stereocenters. The van der Waals surface area contributed by atoms with E-state index in [9.17, 15) is 4.39 Å². The predicted molar refractivity (Wildman–Crippen MR) is 74.6 cm³/mol. The van der Waals surface area contributed by atoms with Crippen LogP contribution in [0.25, 0.3) is 0 Å². The van der Waals surface area contributed by atoms with Crippen LogP contribution in [-0.2, 0) is 13.0 Å². The minimum Gasteiger partial charge on any atom is -0.322 e. The smallest absolute Gasteiger partial charge is 0.127 e. The van der Waals surface area contributed by atoms with E-state index in [2.05, 4.69) is 12.0 Å². The fourth-order valence-electron chi connectivity index (χ4n) is 2.11. The highest BCUT2D eigenvalue weighted by Gasteiger charge is 2.16. The van der Waals surface area contributed by atoms with Gasteiger partial charge in [-0.15, -0.1) is 0 Å². The second kappa shape index (κ2) is 6.17. The van der Waals surface area contributed by atoms with Gasteiger partial charge in [-0.3, -0.25) is 4.68 Å². The van der Waals surface area contributed by atoms with E-state index in [0.29, 0.717) is 17.0 Å². The van der Waals surface area contributed by atoms with Crippen molar-refractivity contribution in [1.82, 2.24) is 9.78 Å². The quantitative estimate of drug-likeness (QED) is 0.913. The van der Waals surface area contributed by atoms with Crippen LogP contribution in [0.5, 0.6) is 0 Å². The first-order valence-corrected chi connectivity index (χ1v) is 6.71. The van der Waals surface area contributed by atoms with Gasteiger partial charge in [-0.25, -0.2) is 4.39 Å². The molecular weight excluding hydrogens is 265 g/mol. The van der Waals surface area contributed by atoms with Crippen molar-refractivity contribution in [2.45, 2.75) is 32.4 Å². The first-order valence-electron chi connectivity index (χ1n) is 6.33. The van der Waals surface area contributed by atoms with Gasteiger partial charge >= 0.3 is 0 Å². The lowest BCUT2D eigenvalue weighted by Crippen LogP contribution is -2.19. The molecule has 2 aromatic rings. The number of nitrogens with zero attached hydrogens (tertiary/aromatic N) is 2. The molecule has 102 valence electrons. The summed E-state index contributed by atoms with van der Waals surface area (Å²) in [5.41, 5.74) is 7.52. The van der Waals surface area contributed by atoms with Crippen molar-refractivity contribution in [2.75, 3.05) is 0 Å². The largest absolute Gasteiger partial charge is 0.322 e. The van der Waals surface area contributed by atoms with Gasteiger partial charge in [0.15, 0.2) is 0 Å². The molecule has 5 heteroatoms. The molecule has 0 fully saturated rings. The highest BCUT2D eigenvalue weighted by molar-refractivity contribution is 6.31. The molecule has 1 aromatic carbocycles. The zero-order valence-electron chi connectivity index (χ0n) is 10.8. The van der Waals surface area contributed by atoms with Crippen LogP contribution in [0.2, 0.25) is 5.02 Å². The Morgan fingerprint density at radius 2 is 2.21 bits per heavy atom. The summed E-state index contributed by atoms with van der Waals surface area (Å²) in [6, 6.07) is 6.22. The Hall–Kier alpha value is -1.39. The van der Waals surface area contributed by atoms with Crippen molar-refractivity contribution in [3.63, 3.8) is 0 Å². The van der Waals surface area contributed by atoms with Crippen molar-refractivity contribution in [2.24, 2.45) is 5.73 Å². The topological polar surface area (TPSA) is 43.8 Å². The first-order chi connectivity index (χ1) is 9.13. The summed E-state index contributed by atoms with van der Waals surface area (Å²) in [6.07, 6.45) is 3.05. The number of hydrogen-bond donors (Lipinski definition) is 1. The third-order valence-corrected chi connectivity index (χ3v) is 3.40. The Bertz CT molecular complexity index is 533. The summed E-state index contributed by atoms with van der Waals surface area (Å²) < 4.78 is 15.6. The zero-order chi connectivity index (χ0) is 13.8. The molecule has 0 saturated carbocycles. The number of nitrogens with two attached hydrogens (primary N) is 1. The van der Waals surface area contributed by atoms with E-state index in [0.717, 1.165) is 18.7 Å². The second-order valence-electron chi connectivity index (χ2n) is 4.49. The van der Waals surface area contributed by atoms with Crippen molar-refractivity contribution in [3.8, 4) is 0 Å². The van der Waals surface area contributed by atoms with E-state index in [1.807, 2.05) is 10.7 Å². The van der Waals surface area contributed by atoms with Crippen LogP contribution in [0.4, 0.5) is 4.39 Å². The lowest BCUT2D eigenvalue weighted by atomic mass is 10.0. The molecule has 3 nitrogen and oxygen atoms in total. The summed E-state index contributed by atoms with van der Waals surface area (Å²) in [7, 11) is 0. The molecule has 1 aromatic heterocycles. The summed E-state index contributed by atoms with van der Waals surface area (Å²) in [4.78, 5) is 0. The molecule has 19 heavy (non-hydrogen) atoms. The molecule has 0 saturated heterocycles. The average Bonchev–Trinajstić information content (AvgIpc) is 2.83. The van der Waals surface area contributed by atoms with Crippen LogP contribution >= 0.6 is 11.6 Å². The van der Waals surface area contributed by atoms with Gasteiger partial charge in [0.1, 0.15) is 5.82 Å². The molecule has 0 aliphatic heterocycles. The monoisotopic (exact) mass is 281 g/mol. The summed E-state index contributed by atoms with van der Waals surface area (Å²) in [6.45, 7) is 2.88. The van der Waals surface area contributed by atoms with E-state index >= 15 is 0 Å². The van der Waals surface area contributed by atoms with Gasteiger partial charge in [0.2, 0.25) is 0 Å². The van der Waals surface area contributed by atoms with Crippen LogP contribution in [0.15, 0.2) is 30.5 Å². The molecule has 2 N–H and O–H groups in total. The van der Waals surface area contributed by atoms with Gasteiger partial charge in [0.25, 0.3) is 0 Å². The number of aromatic nitrogens is 2. The number of hydrogen-bond acceptors (Lipinski definition) is 2. The maximum Gasteiger partial charge on any atom is 0.127 e. The van der Waals surface area contributed by atoms with Crippen molar-refractivity contribution in [1.29, 1.82) is 0 Å². The molecule has 0 aliphatic carbocycles. The van der Waals surface area contributed by atoms with Gasteiger partial charge in [0.05, 0.1) is 11.7 Å². The Morgan fingerprint density at radius 1 is 1.42 bits per heavy atom. The molecular formula is C14H17ClFN3. The van der Waals surface area contributed by atoms with E-state index in [4.69, 9.17) is 17.3 Å². The number of aryl methyl sites for hydroxylation is 1. The van der Waals surface area contributed by atoms with E-state index < -0.39 is 0 Å². The van der Waals surface area contributed by atoms with Crippen molar-refractivity contribution >= 4 is 11.6 Å². The van der Waals surface area contributed by atoms with E-state index in [1.165, 1.54) is 6.07 Å². The Labute approximate surface area is 117 Å². The molecule has 2 rings (SSSR count). The minimum absolute atomic E-state index is 0.315. The van der Waals surface area contributed by atoms with Gasteiger partial charge in [-0.05, 0) is 31.0 Å². The fourth-order valence-corrected chi connectivity index (χ4v) is 2.35. The Morgan fingerprint density at radius 3 is 2.89 bits per heavy atom. The maximum absolute atomic E-state index is 13.7. The highest BCUT2D eigenvalue weighted by atomic mass is 35.5. The van der Waals surface area contributed by atoms with Crippen LogP contribution in [-0.4, -0.2) is 9.78 Å². The average molecular weight is 282 g/mol. The molecule has 0 amide bonds. The molecule has 0 spiro atoms. The van der Waals surface area contributed by atoms with Gasteiger partial charge in [-0.2, -0.15) is 5.10 Å². The standard InChI is InChI=1S/C14H17ClFN3/c1-2-8-19-14(6-7-18-19)13(17)9-10-11(15)4-3-5-12(10)16/h3-7,13H,2,8-9,17H2,1H3. The van der Waals surface area contributed by atoms with Crippen LogP contribution in [0, 0.1) is 5.82 Å². The highest BCUT2D eigenvalue weighted by Crippen LogP contribution is 2.24. The van der Waals surface area contributed by atoms with Crippen LogP contribution in [0.1, 0.15) is 30.6 Å².